The number of azide groups is 1. The quantitative estimate of drug-likeness (QED) is 0.414. The van der Waals surface area contributed by atoms with Crippen LogP contribution in [0.5, 0.6) is 0 Å². The molecule has 1 aliphatic rings. The molecule has 2 rings (SSSR count). The van der Waals surface area contributed by atoms with Crippen molar-refractivity contribution in [3.05, 3.63) is 32.8 Å². The van der Waals surface area contributed by atoms with Gasteiger partial charge in [-0.25, -0.2) is 0 Å². The third-order valence-corrected chi connectivity index (χ3v) is 3.31. The molecule has 0 spiro atoms. The third-order valence-electron chi connectivity index (χ3n) is 2.58. The Kier molecular flexibility index (Phi) is 3.61. The van der Waals surface area contributed by atoms with Crippen LogP contribution in [0.4, 0.5) is 0 Å². The van der Waals surface area contributed by atoms with Gasteiger partial charge in [-0.15, -0.1) is 0 Å². The van der Waals surface area contributed by atoms with E-state index >= 15 is 0 Å². The van der Waals surface area contributed by atoms with Crippen LogP contribution in [0.15, 0.2) is 21.9 Å². The van der Waals surface area contributed by atoms with Gasteiger partial charge in [0.25, 0.3) is 0 Å². The van der Waals surface area contributed by atoms with Crippen molar-refractivity contribution in [1.29, 1.82) is 0 Å². The third kappa shape index (κ3) is 3.23. The Morgan fingerprint density at radius 3 is 3.07 bits per heavy atom. The fourth-order valence-corrected chi connectivity index (χ4v) is 2.33. The highest BCUT2D eigenvalue weighted by Gasteiger charge is 2.28. The van der Waals surface area contributed by atoms with Crippen LogP contribution in [0.25, 0.3) is 10.4 Å². The van der Waals surface area contributed by atoms with E-state index < -0.39 is 0 Å². The van der Waals surface area contributed by atoms with Crippen molar-refractivity contribution in [2.45, 2.75) is 25.4 Å². The monoisotopic (exact) mass is 222 g/mol. The minimum absolute atomic E-state index is 0.580. The summed E-state index contributed by atoms with van der Waals surface area (Å²) in [4.78, 5) is 5.20. The lowest BCUT2D eigenvalue weighted by Gasteiger charge is -2.20. The molecular formula is C10H14N4S. The Balaban J connectivity index is 1.85. The smallest absolute Gasteiger partial charge is 0.0386 e. The van der Waals surface area contributed by atoms with Gasteiger partial charge in [0.1, 0.15) is 0 Å². The second kappa shape index (κ2) is 5.16. The summed E-state index contributed by atoms with van der Waals surface area (Å²) >= 11 is 1.73. The van der Waals surface area contributed by atoms with Gasteiger partial charge >= 0.3 is 0 Å². The van der Waals surface area contributed by atoms with Crippen molar-refractivity contribution >= 4 is 11.3 Å². The van der Waals surface area contributed by atoms with Crippen molar-refractivity contribution in [2.75, 3.05) is 13.1 Å². The maximum Gasteiger partial charge on any atom is 0.0386 e. The second-order valence-electron chi connectivity index (χ2n) is 3.79. The van der Waals surface area contributed by atoms with Crippen LogP contribution in [-0.2, 0) is 6.54 Å². The maximum atomic E-state index is 8.23. The van der Waals surface area contributed by atoms with Crippen LogP contribution in [0.3, 0.4) is 0 Å². The van der Waals surface area contributed by atoms with Gasteiger partial charge in [-0.1, -0.05) is 5.11 Å². The fourth-order valence-electron chi connectivity index (χ4n) is 1.67. The van der Waals surface area contributed by atoms with Gasteiger partial charge in [0, 0.05) is 30.6 Å². The summed E-state index contributed by atoms with van der Waals surface area (Å²) in [6.07, 6.45) is 2.58. The molecule has 4 nitrogen and oxygen atoms in total. The molecule has 0 atom stereocenters. The molecule has 0 unspecified atom stereocenters. The first-order valence-electron chi connectivity index (χ1n) is 5.16. The average molecular weight is 222 g/mol. The minimum Gasteiger partial charge on any atom is -0.296 e. The number of thiophene rings is 1. The zero-order valence-corrected chi connectivity index (χ0v) is 9.36. The molecule has 1 saturated carbocycles. The molecule has 1 aliphatic carbocycles. The van der Waals surface area contributed by atoms with Gasteiger partial charge in [-0.2, -0.15) is 11.3 Å². The van der Waals surface area contributed by atoms with E-state index in [2.05, 4.69) is 31.8 Å². The summed E-state index contributed by atoms with van der Waals surface area (Å²) in [6, 6.07) is 2.88. The molecule has 0 radical (unpaired) electrons. The molecule has 0 bridgehead atoms. The van der Waals surface area contributed by atoms with Crippen molar-refractivity contribution < 1.29 is 0 Å². The van der Waals surface area contributed by atoms with E-state index in [1.54, 1.807) is 11.3 Å². The molecule has 15 heavy (non-hydrogen) atoms. The molecule has 1 heterocycles. The molecule has 0 aliphatic heterocycles. The zero-order valence-electron chi connectivity index (χ0n) is 8.54. The van der Waals surface area contributed by atoms with E-state index in [1.165, 1.54) is 18.4 Å². The van der Waals surface area contributed by atoms with Crippen LogP contribution in [-0.4, -0.2) is 24.0 Å². The molecule has 0 saturated heterocycles. The molecule has 1 aromatic heterocycles. The SMILES string of the molecule is [N-]=[N+]=NCCN(Cc1ccsc1)C1CC1. The molecule has 80 valence electrons. The van der Waals surface area contributed by atoms with Gasteiger partial charge in [0.2, 0.25) is 0 Å². The van der Waals surface area contributed by atoms with Crippen molar-refractivity contribution in [3.63, 3.8) is 0 Å². The largest absolute Gasteiger partial charge is 0.296 e. The normalized spacial score (nSPS) is 15.3. The molecule has 0 amide bonds. The summed E-state index contributed by atoms with van der Waals surface area (Å²) in [7, 11) is 0. The topological polar surface area (TPSA) is 52.0 Å². The Labute approximate surface area is 93.1 Å². The van der Waals surface area contributed by atoms with E-state index in [4.69, 9.17) is 5.53 Å². The first-order valence-corrected chi connectivity index (χ1v) is 6.10. The van der Waals surface area contributed by atoms with E-state index in [0.717, 1.165) is 19.1 Å². The molecule has 0 aromatic carbocycles. The number of hydrogen-bond donors (Lipinski definition) is 0. The highest BCUT2D eigenvalue weighted by molar-refractivity contribution is 7.07. The van der Waals surface area contributed by atoms with Gasteiger partial charge in [-0.3, -0.25) is 4.90 Å². The molecule has 1 aromatic rings. The van der Waals surface area contributed by atoms with Gasteiger partial charge < -0.3 is 0 Å². The van der Waals surface area contributed by atoms with E-state index in [0.29, 0.717) is 6.54 Å². The Morgan fingerprint density at radius 1 is 1.60 bits per heavy atom. The highest BCUT2D eigenvalue weighted by Crippen LogP contribution is 2.28. The summed E-state index contributed by atoms with van der Waals surface area (Å²) in [5.74, 6) is 0. The number of rotatable bonds is 6. The van der Waals surface area contributed by atoms with E-state index in [9.17, 15) is 0 Å². The van der Waals surface area contributed by atoms with E-state index in [1.807, 2.05) is 0 Å². The van der Waals surface area contributed by atoms with E-state index in [-0.39, 0.29) is 0 Å². The summed E-state index contributed by atoms with van der Waals surface area (Å²) in [6.45, 7) is 2.46. The predicted molar refractivity (Wildman–Crippen MR) is 61.8 cm³/mol. The first-order chi connectivity index (χ1) is 7.40. The van der Waals surface area contributed by atoms with Crippen LogP contribution in [0, 0.1) is 0 Å². The zero-order chi connectivity index (χ0) is 10.5. The lowest BCUT2D eigenvalue weighted by atomic mass is 10.3. The Morgan fingerprint density at radius 2 is 2.47 bits per heavy atom. The standard InChI is InChI=1S/C10H14N4S/c11-13-12-4-5-14(10-1-2-10)7-9-3-6-15-8-9/h3,6,8,10H,1-2,4-5,7H2. The summed E-state index contributed by atoms with van der Waals surface area (Å²) in [5.41, 5.74) is 9.60. The highest BCUT2D eigenvalue weighted by atomic mass is 32.1. The minimum atomic E-state index is 0.580. The van der Waals surface area contributed by atoms with Gasteiger partial charge in [0.15, 0.2) is 0 Å². The second-order valence-corrected chi connectivity index (χ2v) is 4.57. The average Bonchev–Trinajstić information content (AvgIpc) is 2.97. The van der Waals surface area contributed by atoms with Gasteiger partial charge in [-0.05, 0) is 40.8 Å². The van der Waals surface area contributed by atoms with Crippen LogP contribution < -0.4 is 0 Å². The maximum absolute atomic E-state index is 8.23. The predicted octanol–water partition coefficient (Wildman–Crippen LogP) is 3.02. The summed E-state index contributed by atoms with van der Waals surface area (Å²) < 4.78 is 0. The van der Waals surface area contributed by atoms with Crippen molar-refractivity contribution in [3.8, 4) is 0 Å². The lowest BCUT2D eigenvalue weighted by Crippen LogP contribution is -2.27. The fraction of sp³-hybridized carbons (Fsp3) is 0.600. The lowest BCUT2D eigenvalue weighted by molar-refractivity contribution is 0.262. The Bertz CT molecular complexity index is 338. The molecule has 5 heteroatoms. The van der Waals surface area contributed by atoms with Crippen LogP contribution >= 0.6 is 11.3 Å². The molecular weight excluding hydrogens is 208 g/mol. The van der Waals surface area contributed by atoms with Crippen molar-refractivity contribution in [2.24, 2.45) is 5.11 Å². The van der Waals surface area contributed by atoms with Crippen LogP contribution in [0.1, 0.15) is 18.4 Å². The number of nitrogens with zero attached hydrogens (tertiary/aromatic N) is 4. The van der Waals surface area contributed by atoms with Crippen LogP contribution in [0.2, 0.25) is 0 Å². The van der Waals surface area contributed by atoms with Crippen molar-refractivity contribution in [1.82, 2.24) is 4.90 Å². The summed E-state index contributed by atoms with van der Waals surface area (Å²) in [5, 5.41) is 7.88. The molecule has 0 N–H and O–H groups in total. The van der Waals surface area contributed by atoms with Gasteiger partial charge in [0.05, 0.1) is 0 Å². The molecule has 1 fully saturated rings. The Hall–Kier alpha value is -1.03. The first kappa shape index (κ1) is 10.5. The number of hydrogen-bond acceptors (Lipinski definition) is 3.